The number of fused-ring (bicyclic) bond motifs is 1. The third-order valence-corrected chi connectivity index (χ3v) is 6.97. The van der Waals surface area contributed by atoms with E-state index in [4.69, 9.17) is 0 Å². The molecule has 7 nitrogen and oxygen atoms in total. The molecule has 2 amide bonds. The van der Waals surface area contributed by atoms with Crippen LogP contribution in [-0.2, 0) is 26.2 Å². The molecule has 0 aliphatic rings. The van der Waals surface area contributed by atoms with Crippen molar-refractivity contribution in [3.05, 3.63) is 78.4 Å². The molecule has 35 heavy (non-hydrogen) atoms. The van der Waals surface area contributed by atoms with Gasteiger partial charge in [-0.15, -0.1) is 0 Å². The maximum atomic E-state index is 13.7. The van der Waals surface area contributed by atoms with Crippen molar-refractivity contribution in [3.63, 3.8) is 0 Å². The molecule has 0 saturated carbocycles. The summed E-state index contributed by atoms with van der Waals surface area (Å²) in [6.45, 7) is 4.11. The number of rotatable bonds is 11. The third-order valence-electron chi connectivity index (χ3n) is 5.85. The van der Waals surface area contributed by atoms with Gasteiger partial charge in [0.05, 0.1) is 11.9 Å². The van der Waals surface area contributed by atoms with Gasteiger partial charge in [-0.2, -0.15) is 0 Å². The van der Waals surface area contributed by atoms with Crippen LogP contribution in [0.3, 0.4) is 0 Å². The average Bonchev–Trinajstić information content (AvgIpc) is 2.85. The van der Waals surface area contributed by atoms with Crippen LogP contribution in [0, 0.1) is 0 Å². The van der Waals surface area contributed by atoms with Gasteiger partial charge in [-0.05, 0) is 29.9 Å². The van der Waals surface area contributed by atoms with Gasteiger partial charge in [0.1, 0.15) is 12.6 Å². The number of hydrogen-bond donors (Lipinski definition) is 1. The highest BCUT2D eigenvalue weighted by molar-refractivity contribution is 7.92. The number of benzene rings is 3. The van der Waals surface area contributed by atoms with Crippen molar-refractivity contribution < 1.29 is 18.0 Å². The average molecular weight is 496 g/mol. The van der Waals surface area contributed by atoms with Gasteiger partial charge in [0.15, 0.2) is 0 Å². The molecule has 0 saturated heterocycles. The predicted octanol–water partition coefficient (Wildman–Crippen LogP) is 3.94. The quantitative estimate of drug-likeness (QED) is 0.437. The second-order valence-corrected chi connectivity index (χ2v) is 10.4. The van der Waals surface area contributed by atoms with Crippen molar-refractivity contribution in [1.82, 2.24) is 10.2 Å². The topological polar surface area (TPSA) is 86.8 Å². The molecule has 8 heteroatoms. The van der Waals surface area contributed by atoms with E-state index >= 15 is 0 Å². The van der Waals surface area contributed by atoms with Gasteiger partial charge < -0.3 is 10.2 Å². The zero-order valence-electron chi connectivity index (χ0n) is 20.5. The number of nitrogens with zero attached hydrogens (tertiary/aromatic N) is 2. The van der Waals surface area contributed by atoms with Crippen LogP contribution in [0.1, 0.15) is 32.3 Å². The van der Waals surface area contributed by atoms with Gasteiger partial charge in [0.25, 0.3) is 0 Å². The van der Waals surface area contributed by atoms with Crippen LogP contribution in [-0.4, -0.2) is 50.5 Å². The first-order valence-electron chi connectivity index (χ1n) is 11.8. The summed E-state index contributed by atoms with van der Waals surface area (Å²) in [5, 5.41) is 4.48. The van der Waals surface area contributed by atoms with E-state index in [2.05, 4.69) is 5.32 Å². The van der Waals surface area contributed by atoms with E-state index in [0.29, 0.717) is 18.7 Å². The SMILES string of the molecule is CCCNC(=O)[C@@H](CC)N(Cc1ccccc1)C(=O)CN(c1cccc2ccccc12)S(C)(=O)=O. The Bertz CT molecular complexity index is 1260. The largest absolute Gasteiger partial charge is 0.354 e. The van der Waals surface area contributed by atoms with E-state index in [1.165, 1.54) is 4.90 Å². The zero-order chi connectivity index (χ0) is 25.4. The first-order valence-corrected chi connectivity index (χ1v) is 13.7. The molecular weight excluding hydrogens is 462 g/mol. The Morgan fingerprint density at radius 1 is 0.914 bits per heavy atom. The van der Waals surface area contributed by atoms with Crippen LogP contribution >= 0.6 is 0 Å². The zero-order valence-corrected chi connectivity index (χ0v) is 21.3. The lowest BCUT2D eigenvalue weighted by Gasteiger charge is -2.33. The number of carbonyl (C=O) groups excluding carboxylic acids is 2. The van der Waals surface area contributed by atoms with Crippen molar-refractivity contribution >= 4 is 38.3 Å². The highest BCUT2D eigenvalue weighted by atomic mass is 32.2. The molecule has 0 bridgehead atoms. The summed E-state index contributed by atoms with van der Waals surface area (Å²) < 4.78 is 26.9. The van der Waals surface area contributed by atoms with E-state index in [9.17, 15) is 18.0 Å². The van der Waals surface area contributed by atoms with E-state index < -0.39 is 28.5 Å². The second-order valence-electron chi connectivity index (χ2n) is 8.49. The fourth-order valence-electron chi connectivity index (χ4n) is 4.09. The van der Waals surface area contributed by atoms with Gasteiger partial charge in [0.2, 0.25) is 21.8 Å². The van der Waals surface area contributed by atoms with Crippen LogP contribution in [0.4, 0.5) is 5.69 Å². The summed E-state index contributed by atoms with van der Waals surface area (Å²) in [4.78, 5) is 28.2. The van der Waals surface area contributed by atoms with Crippen molar-refractivity contribution in [1.29, 1.82) is 0 Å². The summed E-state index contributed by atoms with van der Waals surface area (Å²) >= 11 is 0. The minimum Gasteiger partial charge on any atom is -0.354 e. The molecule has 1 atom stereocenters. The van der Waals surface area contributed by atoms with Crippen LogP contribution in [0.25, 0.3) is 10.8 Å². The minimum atomic E-state index is -3.79. The molecule has 0 aliphatic heterocycles. The molecule has 0 aromatic heterocycles. The fraction of sp³-hybridized carbons (Fsp3) is 0.333. The molecule has 0 spiro atoms. The molecule has 3 aromatic rings. The van der Waals surface area contributed by atoms with Crippen LogP contribution in [0.5, 0.6) is 0 Å². The Hall–Kier alpha value is -3.39. The lowest BCUT2D eigenvalue weighted by Crippen LogP contribution is -2.52. The molecule has 3 aromatic carbocycles. The van der Waals surface area contributed by atoms with Gasteiger partial charge in [-0.1, -0.05) is 80.6 Å². The molecule has 0 unspecified atom stereocenters. The summed E-state index contributed by atoms with van der Waals surface area (Å²) in [6.07, 6.45) is 2.27. The Kier molecular flexibility index (Phi) is 8.87. The molecule has 3 rings (SSSR count). The normalized spacial score (nSPS) is 12.2. The molecule has 0 heterocycles. The maximum Gasteiger partial charge on any atom is 0.244 e. The summed E-state index contributed by atoms with van der Waals surface area (Å²) in [7, 11) is -3.79. The van der Waals surface area contributed by atoms with E-state index in [1.54, 1.807) is 12.1 Å². The standard InChI is InChI=1S/C27H33N3O4S/c1-4-18-28-27(32)24(5-2)29(19-21-12-7-6-8-13-21)26(31)20-30(35(3,33)34)25-17-11-15-22-14-9-10-16-23(22)25/h6-17,24H,4-5,18-20H2,1-3H3,(H,28,32)/t24-/m1/s1. The third kappa shape index (κ3) is 6.60. The van der Waals surface area contributed by atoms with Gasteiger partial charge in [-0.3, -0.25) is 13.9 Å². The van der Waals surface area contributed by atoms with Crippen molar-refractivity contribution in [2.24, 2.45) is 0 Å². The van der Waals surface area contributed by atoms with Crippen molar-refractivity contribution in [2.75, 3.05) is 23.7 Å². The van der Waals surface area contributed by atoms with Gasteiger partial charge in [0, 0.05) is 18.5 Å². The Labute approximate surface area is 207 Å². The summed E-state index contributed by atoms with van der Waals surface area (Å²) in [5.74, 6) is -0.680. The summed E-state index contributed by atoms with van der Waals surface area (Å²) in [5.41, 5.74) is 1.29. The maximum absolute atomic E-state index is 13.7. The molecule has 0 fully saturated rings. The highest BCUT2D eigenvalue weighted by Gasteiger charge is 2.32. The number of sulfonamides is 1. The van der Waals surface area contributed by atoms with Crippen LogP contribution < -0.4 is 9.62 Å². The number of hydrogen-bond acceptors (Lipinski definition) is 4. The first-order chi connectivity index (χ1) is 16.8. The Balaban J connectivity index is 2.00. The lowest BCUT2D eigenvalue weighted by molar-refractivity contribution is -0.140. The smallest absolute Gasteiger partial charge is 0.244 e. The molecule has 0 aliphatic carbocycles. The molecule has 1 N–H and O–H groups in total. The first kappa shape index (κ1) is 26.2. The lowest BCUT2D eigenvalue weighted by atomic mass is 10.1. The molecule has 186 valence electrons. The highest BCUT2D eigenvalue weighted by Crippen LogP contribution is 2.28. The van der Waals surface area contributed by atoms with E-state index in [-0.39, 0.29) is 12.5 Å². The van der Waals surface area contributed by atoms with Crippen molar-refractivity contribution in [3.8, 4) is 0 Å². The number of anilines is 1. The molecular formula is C27H33N3O4S. The number of amides is 2. The van der Waals surface area contributed by atoms with Gasteiger partial charge in [-0.25, -0.2) is 8.42 Å². The second kappa shape index (κ2) is 11.8. The van der Waals surface area contributed by atoms with Crippen LogP contribution in [0.15, 0.2) is 72.8 Å². The Morgan fingerprint density at radius 2 is 1.57 bits per heavy atom. The van der Waals surface area contributed by atoms with Crippen LogP contribution in [0.2, 0.25) is 0 Å². The monoisotopic (exact) mass is 495 g/mol. The van der Waals surface area contributed by atoms with Crippen molar-refractivity contribution in [2.45, 2.75) is 39.3 Å². The van der Waals surface area contributed by atoms with E-state index in [1.807, 2.05) is 74.5 Å². The predicted molar refractivity (Wildman–Crippen MR) is 141 cm³/mol. The molecule has 0 radical (unpaired) electrons. The van der Waals surface area contributed by atoms with E-state index in [0.717, 1.165) is 33.3 Å². The Morgan fingerprint density at radius 3 is 2.23 bits per heavy atom. The minimum absolute atomic E-state index is 0.199. The number of carbonyl (C=O) groups is 2. The number of nitrogens with one attached hydrogen (secondary N) is 1. The van der Waals surface area contributed by atoms with Gasteiger partial charge >= 0.3 is 0 Å². The summed E-state index contributed by atoms with van der Waals surface area (Å²) in [6, 6.07) is 21.5. The fourth-order valence-corrected chi connectivity index (χ4v) is 4.95.